The fourth-order valence-electron chi connectivity index (χ4n) is 1.84. The van der Waals surface area contributed by atoms with E-state index in [-0.39, 0.29) is 0 Å². The second-order valence-electron chi connectivity index (χ2n) is 4.42. The van der Waals surface area contributed by atoms with Crippen molar-refractivity contribution in [3.8, 4) is 6.07 Å². The van der Waals surface area contributed by atoms with Crippen molar-refractivity contribution in [2.75, 3.05) is 24.2 Å². The lowest BCUT2D eigenvalue weighted by Gasteiger charge is -2.20. The highest BCUT2D eigenvalue weighted by molar-refractivity contribution is 6.29. The number of aromatic nitrogens is 2. The van der Waals surface area contributed by atoms with Crippen LogP contribution in [-0.2, 0) is 6.42 Å². The molecule has 1 heterocycles. The molecule has 6 heteroatoms. The van der Waals surface area contributed by atoms with Crippen molar-refractivity contribution in [1.82, 2.24) is 10.2 Å². The van der Waals surface area contributed by atoms with Crippen molar-refractivity contribution in [2.45, 2.75) is 6.42 Å². The van der Waals surface area contributed by atoms with E-state index in [9.17, 15) is 0 Å². The summed E-state index contributed by atoms with van der Waals surface area (Å²) < 4.78 is 0. The second-order valence-corrected chi connectivity index (χ2v) is 4.81. The lowest BCUT2D eigenvalue weighted by atomic mass is 10.1. The van der Waals surface area contributed by atoms with Crippen LogP contribution in [0.4, 0.5) is 11.5 Å². The Bertz CT molecular complexity index is 633. The molecule has 1 aromatic heterocycles. The van der Waals surface area contributed by atoms with E-state index in [1.807, 2.05) is 36.2 Å². The zero-order valence-corrected chi connectivity index (χ0v) is 11.8. The van der Waals surface area contributed by atoms with Crippen LogP contribution in [-0.4, -0.2) is 23.8 Å². The molecule has 2 N–H and O–H groups in total. The molecule has 102 valence electrons. The molecule has 5 nitrogen and oxygen atoms in total. The van der Waals surface area contributed by atoms with E-state index in [1.165, 1.54) is 0 Å². The maximum atomic E-state index is 8.75. The fraction of sp³-hybridized carbons (Fsp3) is 0.214. The SMILES string of the molecule is CN(CCc1ccc(C#N)cc1)c1cc(Cl)nnc1N. The summed E-state index contributed by atoms with van der Waals surface area (Å²) in [7, 11) is 1.92. The Labute approximate surface area is 122 Å². The van der Waals surface area contributed by atoms with E-state index < -0.39 is 0 Å². The molecular weight excluding hydrogens is 274 g/mol. The third-order valence-corrected chi connectivity index (χ3v) is 3.19. The smallest absolute Gasteiger partial charge is 0.169 e. The molecule has 0 saturated heterocycles. The summed E-state index contributed by atoms with van der Waals surface area (Å²) in [5.41, 5.74) is 8.37. The van der Waals surface area contributed by atoms with E-state index in [0.717, 1.165) is 24.2 Å². The highest BCUT2D eigenvalue weighted by Crippen LogP contribution is 2.22. The third kappa shape index (κ3) is 3.37. The van der Waals surface area contributed by atoms with Gasteiger partial charge in [0.15, 0.2) is 11.0 Å². The molecule has 0 radical (unpaired) electrons. The average Bonchev–Trinajstić information content (AvgIpc) is 2.47. The van der Waals surface area contributed by atoms with Crippen LogP contribution < -0.4 is 10.6 Å². The number of nitrogens with zero attached hydrogens (tertiary/aromatic N) is 4. The van der Waals surface area contributed by atoms with Gasteiger partial charge in [-0.05, 0) is 24.1 Å². The predicted molar refractivity (Wildman–Crippen MR) is 79.6 cm³/mol. The maximum absolute atomic E-state index is 8.75. The quantitative estimate of drug-likeness (QED) is 0.933. The number of hydrogen-bond acceptors (Lipinski definition) is 5. The summed E-state index contributed by atoms with van der Waals surface area (Å²) in [6.07, 6.45) is 0.835. The van der Waals surface area contributed by atoms with Crippen LogP contribution >= 0.6 is 11.6 Å². The molecule has 0 fully saturated rings. The van der Waals surface area contributed by atoms with Gasteiger partial charge in [0.05, 0.1) is 17.3 Å². The van der Waals surface area contributed by atoms with Gasteiger partial charge in [-0.3, -0.25) is 0 Å². The van der Waals surface area contributed by atoms with Crippen LogP contribution in [0.3, 0.4) is 0 Å². The number of halogens is 1. The number of nitrogen functional groups attached to an aromatic ring is 1. The zero-order valence-electron chi connectivity index (χ0n) is 11.0. The Hall–Kier alpha value is -2.32. The molecule has 0 atom stereocenters. The van der Waals surface area contributed by atoms with Crippen molar-refractivity contribution in [3.63, 3.8) is 0 Å². The standard InChI is InChI=1S/C14H14ClN5/c1-20(12-8-13(15)18-19-14(12)17)7-6-10-2-4-11(9-16)5-3-10/h2-5,8H,6-7H2,1H3,(H2,17,19). The number of nitriles is 1. The summed E-state index contributed by atoms with van der Waals surface area (Å²) in [6, 6.07) is 11.3. The van der Waals surface area contributed by atoms with Gasteiger partial charge in [-0.15, -0.1) is 10.2 Å². The van der Waals surface area contributed by atoms with Crippen LogP contribution in [0.5, 0.6) is 0 Å². The number of hydrogen-bond donors (Lipinski definition) is 1. The van der Waals surface area contributed by atoms with Crippen molar-refractivity contribution < 1.29 is 0 Å². The van der Waals surface area contributed by atoms with E-state index in [1.54, 1.807) is 6.07 Å². The molecular formula is C14H14ClN5. The Morgan fingerprint density at radius 1 is 1.30 bits per heavy atom. The fourth-order valence-corrected chi connectivity index (χ4v) is 1.98. The predicted octanol–water partition coefficient (Wildman–Crippen LogP) is 2.26. The highest BCUT2D eigenvalue weighted by Gasteiger charge is 2.08. The minimum Gasteiger partial charge on any atom is -0.380 e. The number of benzene rings is 1. The first-order valence-corrected chi connectivity index (χ1v) is 6.47. The molecule has 0 unspecified atom stereocenters. The summed E-state index contributed by atoms with van der Waals surface area (Å²) in [5.74, 6) is 0.358. The molecule has 0 amide bonds. The van der Waals surface area contributed by atoms with Gasteiger partial charge in [0.1, 0.15) is 0 Å². The second kappa shape index (κ2) is 6.22. The van der Waals surface area contributed by atoms with E-state index >= 15 is 0 Å². The van der Waals surface area contributed by atoms with Crippen LogP contribution in [0.2, 0.25) is 5.15 Å². The molecule has 0 aliphatic rings. The molecule has 0 saturated carbocycles. The highest BCUT2D eigenvalue weighted by atomic mass is 35.5. The number of anilines is 2. The van der Waals surface area contributed by atoms with Gasteiger partial charge in [-0.2, -0.15) is 5.26 Å². The van der Waals surface area contributed by atoms with Gasteiger partial charge < -0.3 is 10.6 Å². The Morgan fingerprint density at radius 3 is 2.65 bits per heavy atom. The largest absolute Gasteiger partial charge is 0.380 e. The number of nitrogens with two attached hydrogens (primary N) is 1. The summed E-state index contributed by atoms with van der Waals surface area (Å²) in [4.78, 5) is 1.98. The van der Waals surface area contributed by atoms with Gasteiger partial charge in [0.25, 0.3) is 0 Å². The van der Waals surface area contributed by atoms with Crippen LogP contribution in [0.1, 0.15) is 11.1 Å². The molecule has 0 aliphatic carbocycles. The lowest BCUT2D eigenvalue weighted by molar-refractivity contribution is 0.869. The minimum absolute atomic E-state index is 0.319. The topological polar surface area (TPSA) is 78.8 Å². The first kappa shape index (κ1) is 14.1. The van der Waals surface area contributed by atoms with Crippen LogP contribution in [0, 0.1) is 11.3 Å². The molecule has 20 heavy (non-hydrogen) atoms. The van der Waals surface area contributed by atoms with Gasteiger partial charge in [0.2, 0.25) is 0 Å². The van der Waals surface area contributed by atoms with E-state index in [0.29, 0.717) is 16.5 Å². The molecule has 0 aliphatic heterocycles. The summed E-state index contributed by atoms with van der Waals surface area (Å²) in [6.45, 7) is 0.762. The first-order valence-electron chi connectivity index (χ1n) is 6.09. The zero-order chi connectivity index (χ0) is 14.5. The first-order chi connectivity index (χ1) is 9.60. The Kier molecular flexibility index (Phi) is 4.38. The van der Waals surface area contributed by atoms with Crippen molar-refractivity contribution in [1.29, 1.82) is 5.26 Å². The molecule has 2 rings (SSSR count). The van der Waals surface area contributed by atoms with Gasteiger partial charge in [-0.1, -0.05) is 23.7 Å². The monoisotopic (exact) mass is 287 g/mol. The van der Waals surface area contributed by atoms with Gasteiger partial charge >= 0.3 is 0 Å². The van der Waals surface area contributed by atoms with Crippen molar-refractivity contribution >= 4 is 23.1 Å². The van der Waals surface area contributed by atoms with Crippen molar-refractivity contribution in [2.24, 2.45) is 0 Å². The molecule has 0 bridgehead atoms. The molecule has 2 aromatic rings. The lowest BCUT2D eigenvalue weighted by Crippen LogP contribution is -2.22. The summed E-state index contributed by atoms with van der Waals surface area (Å²) in [5, 5.41) is 16.6. The minimum atomic E-state index is 0.319. The van der Waals surface area contributed by atoms with Crippen LogP contribution in [0.15, 0.2) is 30.3 Å². The molecule has 0 spiro atoms. The normalized spacial score (nSPS) is 10.1. The Balaban J connectivity index is 2.02. The Morgan fingerprint density at radius 2 is 2.00 bits per heavy atom. The summed E-state index contributed by atoms with van der Waals surface area (Å²) >= 11 is 5.82. The van der Waals surface area contributed by atoms with E-state index in [2.05, 4.69) is 16.3 Å². The van der Waals surface area contributed by atoms with Crippen molar-refractivity contribution in [3.05, 3.63) is 46.6 Å². The third-order valence-electron chi connectivity index (χ3n) is 3.00. The van der Waals surface area contributed by atoms with Gasteiger partial charge in [-0.25, -0.2) is 0 Å². The van der Waals surface area contributed by atoms with Crippen LogP contribution in [0.25, 0.3) is 0 Å². The molecule has 1 aromatic carbocycles. The average molecular weight is 288 g/mol. The number of likely N-dealkylation sites (N-methyl/N-ethyl adjacent to an activating group) is 1. The van der Waals surface area contributed by atoms with E-state index in [4.69, 9.17) is 22.6 Å². The van der Waals surface area contributed by atoms with Gasteiger partial charge in [0, 0.05) is 19.7 Å². The maximum Gasteiger partial charge on any atom is 0.169 e. The number of rotatable bonds is 4.